The smallest absolute Gasteiger partial charge is 0.349 e. The largest absolute Gasteiger partial charge is 0.463 e. The fourth-order valence-corrected chi connectivity index (χ4v) is 2.17. The summed E-state index contributed by atoms with van der Waals surface area (Å²) in [5, 5.41) is -0.576. The van der Waals surface area contributed by atoms with Crippen LogP contribution in [-0.2, 0) is 9.53 Å². The van der Waals surface area contributed by atoms with Gasteiger partial charge in [-0.3, -0.25) is 4.79 Å². The molecule has 0 radical (unpaired) electrons. The summed E-state index contributed by atoms with van der Waals surface area (Å²) in [6, 6.07) is 1.06. The van der Waals surface area contributed by atoms with Crippen molar-refractivity contribution in [1.29, 1.82) is 0 Å². The number of rotatable bonds is 5. The number of hydrogen-bond donors (Lipinski definition) is 0. The monoisotopic (exact) mass is 360 g/mol. The minimum Gasteiger partial charge on any atom is -0.463 e. The molecule has 1 aromatic rings. The Bertz CT molecular complexity index is 548. The summed E-state index contributed by atoms with van der Waals surface area (Å²) in [4.78, 5) is 23.2. The molecule has 0 N–H and O–H groups in total. The third kappa shape index (κ3) is 3.76. The van der Waals surface area contributed by atoms with E-state index in [0.717, 1.165) is 6.07 Å². The number of hydrogen-bond acceptors (Lipinski definition) is 3. The molecule has 0 heterocycles. The van der Waals surface area contributed by atoms with Crippen molar-refractivity contribution in [1.82, 2.24) is 0 Å². The third-order valence-corrected chi connectivity index (χ3v) is 4.01. The van der Waals surface area contributed by atoms with E-state index >= 15 is 0 Å². The molecule has 20 heavy (non-hydrogen) atoms. The molecule has 0 aliphatic carbocycles. The zero-order valence-electron chi connectivity index (χ0n) is 10.2. The zero-order valence-corrected chi connectivity index (χ0v) is 13.2. The van der Waals surface area contributed by atoms with E-state index in [9.17, 15) is 14.0 Å². The van der Waals surface area contributed by atoms with Gasteiger partial charge < -0.3 is 4.74 Å². The van der Waals surface area contributed by atoms with Crippen LogP contribution in [0, 0.1) is 0 Å². The van der Waals surface area contributed by atoms with E-state index in [0.29, 0.717) is 6.42 Å². The highest BCUT2D eigenvalue weighted by atomic mass is 35.5. The average molecular weight is 362 g/mol. The third-order valence-electron chi connectivity index (χ3n) is 2.25. The van der Waals surface area contributed by atoms with Gasteiger partial charge in [-0.2, -0.15) is 0 Å². The minimum atomic E-state index is -2.49. The van der Waals surface area contributed by atoms with Gasteiger partial charge in [0.05, 0.1) is 26.7 Å². The average Bonchev–Trinajstić information content (AvgIpc) is 2.44. The lowest BCUT2D eigenvalue weighted by Crippen LogP contribution is -2.28. The molecular formula is C12H9Cl4FO3. The second-order valence-corrected chi connectivity index (χ2v) is 5.28. The standard InChI is InChI=1S/C12H9Cl4FO3/c1-2-3-20-12(19)10(17)11(18)5-4-6(13)8(15)9(16)7(5)14/h4,10H,2-3H2,1H3. The van der Waals surface area contributed by atoms with Crippen LogP contribution in [0.5, 0.6) is 0 Å². The van der Waals surface area contributed by atoms with Crippen LogP contribution in [0.3, 0.4) is 0 Å². The van der Waals surface area contributed by atoms with E-state index in [1.54, 1.807) is 6.92 Å². The van der Waals surface area contributed by atoms with Gasteiger partial charge in [-0.15, -0.1) is 0 Å². The highest BCUT2D eigenvalue weighted by molar-refractivity contribution is 6.52. The minimum absolute atomic E-state index is 0.0163. The summed E-state index contributed by atoms with van der Waals surface area (Å²) < 4.78 is 18.3. The van der Waals surface area contributed by atoms with Gasteiger partial charge in [-0.05, 0) is 12.5 Å². The fraction of sp³-hybridized carbons (Fsp3) is 0.333. The zero-order chi connectivity index (χ0) is 15.4. The highest BCUT2D eigenvalue weighted by Gasteiger charge is 2.31. The molecule has 8 heteroatoms. The molecule has 0 aromatic heterocycles. The van der Waals surface area contributed by atoms with Gasteiger partial charge in [-0.25, -0.2) is 9.18 Å². The Hall–Kier alpha value is -0.550. The second kappa shape index (κ2) is 7.46. The maximum Gasteiger partial charge on any atom is 0.349 e. The van der Waals surface area contributed by atoms with Crippen molar-refractivity contribution in [3.63, 3.8) is 0 Å². The molecule has 0 saturated carbocycles. The van der Waals surface area contributed by atoms with Crippen LogP contribution in [0.15, 0.2) is 6.07 Å². The van der Waals surface area contributed by atoms with E-state index in [-0.39, 0.29) is 32.3 Å². The SMILES string of the molecule is CCCOC(=O)C(F)C(=O)c1cc(Cl)c(Cl)c(Cl)c1Cl. The molecule has 0 amide bonds. The Labute approximate surface area is 134 Å². The van der Waals surface area contributed by atoms with Crippen LogP contribution in [-0.4, -0.2) is 24.5 Å². The van der Waals surface area contributed by atoms with Crippen molar-refractivity contribution in [3.05, 3.63) is 31.7 Å². The van der Waals surface area contributed by atoms with Gasteiger partial charge in [0.25, 0.3) is 6.17 Å². The number of esters is 1. The van der Waals surface area contributed by atoms with Crippen LogP contribution in [0.4, 0.5) is 4.39 Å². The van der Waals surface area contributed by atoms with Crippen molar-refractivity contribution >= 4 is 58.2 Å². The van der Waals surface area contributed by atoms with Crippen LogP contribution in [0.25, 0.3) is 0 Å². The van der Waals surface area contributed by atoms with Crippen LogP contribution >= 0.6 is 46.4 Å². The maximum atomic E-state index is 13.7. The van der Waals surface area contributed by atoms with Gasteiger partial charge in [0.15, 0.2) is 0 Å². The van der Waals surface area contributed by atoms with Crippen molar-refractivity contribution in [2.24, 2.45) is 0 Å². The summed E-state index contributed by atoms with van der Waals surface area (Å²) in [7, 11) is 0. The van der Waals surface area contributed by atoms with Gasteiger partial charge in [-0.1, -0.05) is 53.3 Å². The first-order valence-electron chi connectivity index (χ1n) is 5.49. The summed E-state index contributed by atoms with van der Waals surface area (Å²) >= 11 is 23.0. The number of carbonyl (C=O) groups excluding carboxylic acids is 2. The molecule has 1 rings (SSSR count). The van der Waals surface area contributed by atoms with E-state index in [4.69, 9.17) is 46.4 Å². The topological polar surface area (TPSA) is 43.4 Å². The number of halogens is 5. The van der Waals surface area contributed by atoms with Crippen molar-refractivity contribution < 1.29 is 18.7 Å². The molecule has 1 atom stereocenters. The predicted molar refractivity (Wildman–Crippen MR) is 77.0 cm³/mol. The molecular weight excluding hydrogens is 353 g/mol. The number of alkyl halides is 1. The Morgan fingerprint density at radius 2 is 1.80 bits per heavy atom. The van der Waals surface area contributed by atoms with E-state index < -0.39 is 17.9 Å². The molecule has 110 valence electrons. The van der Waals surface area contributed by atoms with E-state index in [2.05, 4.69) is 4.74 Å². The number of Topliss-reactive ketones (excluding diaryl/α,β-unsaturated/α-hetero) is 1. The van der Waals surface area contributed by atoms with Gasteiger partial charge in [0.1, 0.15) is 0 Å². The maximum absolute atomic E-state index is 13.7. The van der Waals surface area contributed by atoms with Gasteiger partial charge in [0, 0.05) is 5.56 Å². The molecule has 1 unspecified atom stereocenters. The molecule has 0 fully saturated rings. The Morgan fingerprint density at radius 3 is 2.35 bits per heavy atom. The molecule has 1 aromatic carbocycles. The first kappa shape index (κ1) is 17.5. The Kier molecular flexibility index (Phi) is 6.52. The second-order valence-electron chi connectivity index (χ2n) is 3.74. The molecule has 0 spiro atoms. The highest BCUT2D eigenvalue weighted by Crippen LogP contribution is 2.38. The first-order valence-corrected chi connectivity index (χ1v) is 7.00. The lowest BCUT2D eigenvalue weighted by atomic mass is 10.1. The molecule has 0 aliphatic heterocycles. The quantitative estimate of drug-likeness (QED) is 0.249. The number of carbonyl (C=O) groups is 2. The summed E-state index contributed by atoms with van der Waals surface area (Å²) in [6.07, 6.45) is -1.99. The van der Waals surface area contributed by atoms with Crippen molar-refractivity contribution in [2.45, 2.75) is 19.5 Å². The number of ether oxygens (including phenoxy) is 1. The fourth-order valence-electron chi connectivity index (χ4n) is 1.27. The summed E-state index contributed by atoms with van der Waals surface area (Å²) in [5.41, 5.74) is -0.327. The normalized spacial score (nSPS) is 12.1. The lowest BCUT2D eigenvalue weighted by Gasteiger charge is -2.11. The Balaban J connectivity index is 3.07. The molecule has 0 bridgehead atoms. The molecule has 0 aliphatic rings. The lowest BCUT2D eigenvalue weighted by molar-refractivity contribution is -0.147. The number of ketones is 1. The molecule has 0 saturated heterocycles. The van der Waals surface area contributed by atoms with Crippen LogP contribution < -0.4 is 0 Å². The van der Waals surface area contributed by atoms with Gasteiger partial charge in [0.2, 0.25) is 5.78 Å². The van der Waals surface area contributed by atoms with E-state index in [1.807, 2.05) is 0 Å². The number of benzene rings is 1. The Morgan fingerprint density at radius 1 is 1.20 bits per heavy atom. The van der Waals surface area contributed by atoms with Crippen molar-refractivity contribution in [2.75, 3.05) is 6.61 Å². The van der Waals surface area contributed by atoms with Crippen molar-refractivity contribution in [3.8, 4) is 0 Å². The van der Waals surface area contributed by atoms with Crippen LogP contribution in [0.1, 0.15) is 23.7 Å². The van der Waals surface area contributed by atoms with E-state index in [1.165, 1.54) is 0 Å². The summed E-state index contributed by atoms with van der Waals surface area (Å²) in [5.74, 6) is -2.47. The first-order chi connectivity index (χ1) is 9.31. The predicted octanol–water partition coefficient (Wildman–Crippen LogP) is 4.77. The summed E-state index contributed by atoms with van der Waals surface area (Å²) in [6.45, 7) is 1.75. The molecule has 3 nitrogen and oxygen atoms in total. The van der Waals surface area contributed by atoms with Crippen LogP contribution in [0.2, 0.25) is 20.1 Å². The van der Waals surface area contributed by atoms with Gasteiger partial charge >= 0.3 is 5.97 Å².